The van der Waals surface area contributed by atoms with Crippen LogP contribution in [0.15, 0.2) is 74.4 Å². The van der Waals surface area contributed by atoms with Crippen molar-refractivity contribution in [1.82, 2.24) is 9.55 Å². The van der Waals surface area contributed by atoms with E-state index in [9.17, 15) is 9.59 Å². The number of thioether (sulfide) groups is 1. The highest BCUT2D eigenvalue weighted by atomic mass is 79.9. The predicted octanol–water partition coefficient (Wildman–Crippen LogP) is 5.28. The van der Waals surface area contributed by atoms with Crippen LogP contribution < -0.4 is 10.5 Å². The number of benzene rings is 2. The van der Waals surface area contributed by atoms with E-state index in [1.54, 1.807) is 4.57 Å². The van der Waals surface area contributed by atoms with Gasteiger partial charge in [-0.2, -0.15) is 0 Å². The fourth-order valence-electron chi connectivity index (χ4n) is 3.80. The Labute approximate surface area is 195 Å². The number of aryl methyl sites for hydroxylation is 1. The van der Waals surface area contributed by atoms with Crippen LogP contribution in [0.2, 0.25) is 0 Å². The van der Waals surface area contributed by atoms with Gasteiger partial charge in [0.05, 0.1) is 17.0 Å². The normalized spacial score (nSPS) is 13.4. The quantitative estimate of drug-likeness (QED) is 0.276. The summed E-state index contributed by atoms with van der Waals surface area (Å²) in [6.07, 6.45) is 1.95. The molecule has 5 rings (SSSR count). The first-order chi connectivity index (χ1) is 15.1. The third kappa shape index (κ3) is 3.95. The first kappa shape index (κ1) is 20.5. The number of para-hydroxylation sites is 1. The smallest absolute Gasteiger partial charge is 0.276 e. The fraction of sp³-hybridized carbons (Fsp3) is 0.174. The summed E-state index contributed by atoms with van der Waals surface area (Å²) in [4.78, 5) is 32.9. The number of amides is 1. The van der Waals surface area contributed by atoms with Crippen molar-refractivity contribution < 1.29 is 4.79 Å². The Kier molecular flexibility index (Phi) is 5.69. The van der Waals surface area contributed by atoms with E-state index < -0.39 is 0 Å². The maximum absolute atomic E-state index is 13.2. The lowest BCUT2D eigenvalue weighted by Crippen LogP contribution is -2.36. The molecule has 2 aromatic heterocycles. The molecule has 0 fully saturated rings. The van der Waals surface area contributed by atoms with Crippen LogP contribution in [0, 0.1) is 0 Å². The number of anilines is 1. The number of hydrogen-bond acceptors (Lipinski definition) is 5. The highest BCUT2D eigenvalue weighted by Gasteiger charge is 2.23. The molecule has 31 heavy (non-hydrogen) atoms. The molecule has 0 saturated carbocycles. The lowest BCUT2D eigenvalue weighted by atomic mass is 10.0. The van der Waals surface area contributed by atoms with E-state index in [1.165, 1.54) is 28.7 Å². The van der Waals surface area contributed by atoms with Gasteiger partial charge in [-0.25, -0.2) is 4.98 Å². The van der Waals surface area contributed by atoms with Crippen molar-refractivity contribution >= 4 is 60.8 Å². The molecule has 0 unspecified atom stereocenters. The lowest BCUT2D eigenvalue weighted by Gasteiger charge is -2.29. The van der Waals surface area contributed by atoms with E-state index in [4.69, 9.17) is 4.98 Å². The van der Waals surface area contributed by atoms with Crippen molar-refractivity contribution in [2.24, 2.45) is 0 Å². The molecule has 1 amide bonds. The van der Waals surface area contributed by atoms with Crippen molar-refractivity contribution in [1.29, 1.82) is 0 Å². The van der Waals surface area contributed by atoms with Crippen LogP contribution in [0.25, 0.3) is 15.9 Å². The van der Waals surface area contributed by atoms with Crippen LogP contribution in [-0.4, -0.2) is 27.8 Å². The molecule has 0 saturated heterocycles. The van der Waals surface area contributed by atoms with Gasteiger partial charge in [0.1, 0.15) is 4.70 Å². The predicted molar refractivity (Wildman–Crippen MR) is 131 cm³/mol. The number of rotatable bonds is 4. The van der Waals surface area contributed by atoms with Crippen molar-refractivity contribution in [3.05, 3.63) is 80.4 Å². The van der Waals surface area contributed by atoms with Gasteiger partial charge in [0.25, 0.3) is 5.56 Å². The van der Waals surface area contributed by atoms with Crippen molar-refractivity contribution in [2.75, 3.05) is 17.2 Å². The van der Waals surface area contributed by atoms with E-state index in [1.807, 2.05) is 58.8 Å². The molecule has 0 aliphatic carbocycles. The Hall–Kier alpha value is -2.42. The number of carbonyl (C=O) groups excluding carboxylic acids is 1. The Balaban J connectivity index is 1.48. The Bertz CT molecular complexity index is 1330. The van der Waals surface area contributed by atoms with Gasteiger partial charge in [0.2, 0.25) is 5.91 Å². The summed E-state index contributed by atoms with van der Waals surface area (Å²) in [5, 5.41) is 2.40. The number of thiophene rings is 1. The standard InChI is InChI=1S/C23H18BrN3O2S2/c24-16-7-9-17(10-8-16)27-22(29)21-18(11-13-30-21)25-23(27)31-14-20(28)26-12-3-5-15-4-1-2-6-19(15)26/h1-2,4,6-11,13H,3,5,12,14H2. The number of fused-ring (bicyclic) bond motifs is 2. The number of nitrogens with zero attached hydrogens (tertiary/aromatic N) is 3. The summed E-state index contributed by atoms with van der Waals surface area (Å²) >= 11 is 6.13. The zero-order valence-corrected chi connectivity index (χ0v) is 19.7. The van der Waals surface area contributed by atoms with E-state index in [2.05, 4.69) is 22.0 Å². The number of carbonyl (C=O) groups is 1. The van der Waals surface area contributed by atoms with E-state index in [0.29, 0.717) is 21.9 Å². The minimum atomic E-state index is -0.111. The second-order valence-electron chi connectivity index (χ2n) is 7.21. The summed E-state index contributed by atoms with van der Waals surface area (Å²) in [6.45, 7) is 0.715. The van der Waals surface area contributed by atoms with Gasteiger partial charge >= 0.3 is 0 Å². The first-order valence-corrected chi connectivity index (χ1v) is 12.5. The zero-order chi connectivity index (χ0) is 21.4. The summed E-state index contributed by atoms with van der Waals surface area (Å²) in [7, 11) is 0. The second-order valence-corrected chi connectivity index (χ2v) is 9.99. The third-order valence-corrected chi connectivity index (χ3v) is 7.61. The summed E-state index contributed by atoms with van der Waals surface area (Å²) in [5.41, 5.74) is 3.49. The van der Waals surface area contributed by atoms with Gasteiger partial charge in [0.15, 0.2) is 5.16 Å². The van der Waals surface area contributed by atoms with Gasteiger partial charge in [0, 0.05) is 16.7 Å². The molecule has 0 N–H and O–H groups in total. The molecule has 0 bridgehead atoms. The molecule has 3 heterocycles. The van der Waals surface area contributed by atoms with Crippen LogP contribution in [0.3, 0.4) is 0 Å². The first-order valence-electron chi connectivity index (χ1n) is 9.89. The Morgan fingerprint density at radius 1 is 1.13 bits per heavy atom. The summed E-state index contributed by atoms with van der Waals surface area (Å²) in [5.74, 6) is 0.242. The molecule has 4 aromatic rings. The molecule has 8 heteroatoms. The highest BCUT2D eigenvalue weighted by molar-refractivity contribution is 9.10. The van der Waals surface area contributed by atoms with E-state index in [0.717, 1.165) is 28.7 Å². The van der Waals surface area contributed by atoms with Crippen molar-refractivity contribution in [3.8, 4) is 5.69 Å². The average molecular weight is 512 g/mol. The molecule has 1 aliphatic rings. The van der Waals surface area contributed by atoms with Crippen LogP contribution in [0.5, 0.6) is 0 Å². The molecule has 0 atom stereocenters. The summed E-state index contributed by atoms with van der Waals surface area (Å²) in [6, 6.07) is 17.4. The molecule has 156 valence electrons. The molecule has 2 aromatic carbocycles. The van der Waals surface area contributed by atoms with E-state index in [-0.39, 0.29) is 17.2 Å². The lowest BCUT2D eigenvalue weighted by molar-refractivity contribution is -0.116. The number of halogens is 1. The van der Waals surface area contributed by atoms with Crippen LogP contribution in [0.4, 0.5) is 5.69 Å². The largest absolute Gasteiger partial charge is 0.311 e. The van der Waals surface area contributed by atoms with Crippen LogP contribution in [-0.2, 0) is 11.2 Å². The van der Waals surface area contributed by atoms with Gasteiger partial charge in [-0.05, 0) is 60.2 Å². The van der Waals surface area contributed by atoms with E-state index >= 15 is 0 Å². The fourth-order valence-corrected chi connectivity index (χ4v) is 5.72. The molecule has 5 nitrogen and oxygen atoms in total. The number of hydrogen-bond donors (Lipinski definition) is 0. The maximum atomic E-state index is 13.2. The van der Waals surface area contributed by atoms with Gasteiger partial charge in [-0.3, -0.25) is 14.2 Å². The second kappa shape index (κ2) is 8.61. The summed E-state index contributed by atoms with van der Waals surface area (Å²) < 4.78 is 3.15. The minimum Gasteiger partial charge on any atom is -0.311 e. The molecule has 1 aliphatic heterocycles. The number of aromatic nitrogens is 2. The van der Waals surface area contributed by atoms with Crippen molar-refractivity contribution in [3.63, 3.8) is 0 Å². The maximum Gasteiger partial charge on any atom is 0.276 e. The molecular weight excluding hydrogens is 494 g/mol. The third-order valence-electron chi connectivity index (χ3n) is 5.27. The molecule has 0 radical (unpaired) electrons. The van der Waals surface area contributed by atoms with Gasteiger partial charge < -0.3 is 4.90 Å². The Morgan fingerprint density at radius 2 is 1.94 bits per heavy atom. The van der Waals surface area contributed by atoms with Gasteiger partial charge in [-0.1, -0.05) is 45.9 Å². The topological polar surface area (TPSA) is 55.2 Å². The SMILES string of the molecule is O=C(CSc1nc2ccsc2c(=O)n1-c1ccc(Br)cc1)N1CCCc2ccccc21. The zero-order valence-electron chi connectivity index (χ0n) is 16.5. The van der Waals surface area contributed by atoms with Gasteiger partial charge in [-0.15, -0.1) is 11.3 Å². The minimum absolute atomic E-state index is 0.0270. The Morgan fingerprint density at radius 3 is 2.77 bits per heavy atom. The molecular formula is C23H18BrN3O2S2. The highest BCUT2D eigenvalue weighted by Crippen LogP contribution is 2.29. The molecule has 0 spiro atoms. The average Bonchev–Trinajstić information content (AvgIpc) is 3.27. The van der Waals surface area contributed by atoms with Crippen molar-refractivity contribution in [2.45, 2.75) is 18.0 Å². The van der Waals surface area contributed by atoms with Crippen LogP contribution in [0.1, 0.15) is 12.0 Å². The monoisotopic (exact) mass is 511 g/mol. The van der Waals surface area contributed by atoms with Crippen LogP contribution >= 0.6 is 39.0 Å².